The van der Waals surface area contributed by atoms with Crippen LogP contribution in [0.2, 0.25) is 0 Å². The zero-order valence-corrected chi connectivity index (χ0v) is 21.5. The fraction of sp³-hybridized carbons (Fsp3) is 0.192. The molecule has 3 aromatic rings. The molecular weight excluding hydrogens is 516 g/mol. The monoisotopic (exact) mass is 542 g/mol. The number of amides is 2. The average Bonchev–Trinajstić information content (AvgIpc) is 2.88. The molecule has 2 atom stereocenters. The van der Waals surface area contributed by atoms with E-state index in [0.717, 1.165) is 15.4 Å². The van der Waals surface area contributed by atoms with Crippen molar-refractivity contribution in [2.45, 2.75) is 40.3 Å². The molecule has 3 rings (SSSR count). The van der Waals surface area contributed by atoms with Crippen molar-refractivity contribution in [2.24, 2.45) is 0 Å². The summed E-state index contributed by atoms with van der Waals surface area (Å²) in [6.07, 6.45) is -0.875. The molecule has 0 aliphatic carbocycles. The molecule has 37 heavy (non-hydrogen) atoms. The Morgan fingerprint density at radius 2 is 1.43 bits per heavy atom. The molecule has 11 heteroatoms. The topological polar surface area (TPSA) is 139 Å². The zero-order chi connectivity index (χ0) is 26.8. The number of carboxylic acids is 1. The zero-order valence-electron chi connectivity index (χ0n) is 19.9. The van der Waals surface area contributed by atoms with Gasteiger partial charge in [-0.25, -0.2) is 18.0 Å². The summed E-state index contributed by atoms with van der Waals surface area (Å²) in [7, 11) is -4.04. The van der Waals surface area contributed by atoms with Crippen molar-refractivity contribution in [2.75, 3.05) is 5.75 Å². The molecule has 0 saturated heterocycles. The standard InChI is InChI=1S/C26H26N2O7S2/c1-18(27-26(32)35-16-19-8-4-2-5-9-19)24(29)28-23(25(30)31)17-37(33,34)22-14-12-21(13-15-22)36-20-10-6-3-7-11-20/h2-15,18,23H,16-17H2,1H3,(H,27,32)(H,28,29)(H,30,31)/t18-,23?/m0/s1. The summed E-state index contributed by atoms with van der Waals surface area (Å²) in [6.45, 7) is 1.31. The van der Waals surface area contributed by atoms with Gasteiger partial charge in [0.25, 0.3) is 0 Å². The van der Waals surface area contributed by atoms with Crippen molar-refractivity contribution in [3.8, 4) is 0 Å². The molecule has 2 amide bonds. The molecule has 3 aromatic carbocycles. The Balaban J connectivity index is 1.56. The first-order chi connectivity index (χ1) is 17.6. The van der Waals surface area contributed by atoms with Gasteiger partial charge in [-0.3, -0.25) is 4.79 Å². The normalized spacial score (nSPS) is 12.7. The highest BCUT2D eigenvalue weighted by Gasteiger charge is 2.30. The van der Waals surface area contributed by atoms with Crippen molar-refractivity contribution in [1.29, 1.82) is 0 Å². The van der Waals surface area contributed by atoms with Crippen LogP contribution in [0.1, 0.15) is 12.5 Å². The summed E-state index contributed by atoms with van der Waals surface area (Å²) < 4.78 is 30.8. The lowest BCUT2D eigenvalue weighted by atomic mass is 10.2. The lowest BCUT2D eigenvalue weighted by Crippen LogP contribution is -2.52. The third-order valence-corrected chi connectivity index (χ3v) is 7.88. The summed E-state index contributed by atoms with van der Waals surface area (Å²) in [5, 5.41) is 14.0. The van der Waals surface area contributed by atoms with Gasteiger partial charge in [-0.05, 0) is 48.9 Å². The van der Waals surface area contributed by atoms with E-state index >= 15 is 0 Å². The Bertz CT molecular complexity index is 1320. The number of alkyl carbamates (subject to hydrolysis) is 1. The number of carboxylic acid groups (broad SMARTS) is 1. The van der Waals surface area contributed by atoms with E-state index < -0.39 is 45.6 Å². The largest absolute Gasteiger partial charge is 0.480 e. The van der Waals surface area contributed by atoms with Crippen molar-refractivity contribution >= 4 is 39.6 Å². The molecule has 0 radical (unpaired) electrons. The second-order valence-electron chi connectivity index (χ2n) is 8.00. The summed E-state index contributed by atoms with van der Waals surface area (Å²) in [5.41, 5.74) is 0.748. The summed E-state index contributed by atoms with van der Waals surface area (Å²) in [5.74, 6) is -3.24. The molecule has 3 N–H and O–H groups in total. The number of ether oxygens (including phenoxy) is 1. The number of benzene rings is 3. The summed E-state index contributed by atoms with van der Waals surface area (Å²) >= 11 is 1.45. The van der Waals surface area contributed by atoms with Crippen molar-refractivity contribution in [1.82, 2.24) is 10.6 Å². The van der Waals surface area contributed by atoms with E-state index in [1.165, 1.54) is 30.8 Å². The van der Waals surface area contributed by atoms with Gasteiger partial charge >= 0.3 is 12.1 Å². The maximum absolute atomic E-state index is 12.9. The molecule has 0 heterocycles. The highest BCUT2D eigenvalue weighted by atomic mass is 32.2. The fourth-order valence-corrected chi connectivity index (χ4v) is 5.38. The molecule has 0 bridgehead atoms. The van der Waals surface area contributed by atoms with Crippen LogP contribution in [0.3, 0.4) is 0 Å². The first kappa shape index (κ1) is 27.8. The van der Waals surface area contributed by atoms with Gasteiger partial charge in [0, 0.05) is 9.79 Å². The summed E-state index contributed by atoms with van der Waals surface area (Å²) in [4.78, 5) is 37.9. The maximum atomic E-state index is 12.9. The third kappa shape index (κ3) is 8.65. The van der Waals surface area contributed by atoms with Crippen LogP contribution in [0.4, 0.5) is 4.79 Å². The maximum Gasteiger partial charge on any atom is 0.408 e. The second-order valence-corrected chi connectivity index (χ2v) is 11.2. The molecule has 194 valence electrons. The van der Waals surface area contributed by atoms with Crippen LogP contribution < -0.4 is 10.6 Å². The Kier molecular flexibility index (Phi) is 9.70. The summed E-state index contributed by atoms with van der Waals surface area (Å²) in [6, 6.07) is 21.6. The number of carbonyl (C=O) groups excluding carboxylic acids is 2. The molecule has 0 aliphatic heterocycles. The van der Waals surface area contributed by atoms with E-state index in [2.05, 4.69) is 10.6 Å². The van der Waals surface area contributed by atoms with E-state index in [1.807, 2.05) is 36.4 Å². The predicted octanol–water partition coefficient (Wildman–Crippen LogP) is 3.50. The number of hydrogen-bond acceptors (Lipinski definition) is 7. The molecular formula is C26H26N2O7S2. The van der Waals surface area contributed by atoms with Crippen molar-refractivity contribution in [3.05, 3.63) is 90.5 Å². The van der Waals surface area contributed by atoms with Crippen LogP contribution in [0.15, 0.2) is 99.6 Å². The Hall–Kier alpha value is -3.83. The SMILES string of the molecule is C[C@H](NC(=O)OCc1ccccc1)C(=O)NC(CS(=O)(=O)c1ccc(Sc2ccccc2)cc1)C(=O)O. The minimum atomic E-state index is -4.04. The molecule has 0 saturated carbocycles. The quantitative estimate of drug-likeness (QED) is 0.335. The average molecular weight is 543 g/mol. The van der Waals surface area contributed by atoms with Crippen molar-refractivity contribution < 1.29 is 32.6 Å². The van der Waals surface area contributed by atoms with E-state index in [4.69, 9.17) is 4.74 Å². The minimum Gasteiger partial charge on any atom is -0.480 e. The van der Waals surface area contributed by atoms with Gasteiger partial charge in [0.2, 0.25) is 5.91 Å². The molecule has 0 spiro atoms. The molecule has 0 aliphatic rings. The smallest absolute Gasteiger partial charge is 0.408 e. The van der Waals surface area contributed by atoms with Gasteiger partial charge in [0.1, 0.15) is 18.7 Å². The third-order valence-electron chi connectivity index (χ3n) is 5.10. The van der Waals surface area contributed by atoms with E-state index in [9.17, 15) is 27.9 Å². The van der Waals surface area contributed by atoms with Gasteiger partial charge < -0.3 is 20.5 Å². The Morgan fingerprint density at radius 3 is 2.03 bits per heavy atom. The fourth-order valence-electron chi connectivity index (χ4n) is 3.13. The van der Waals surface area contributed by atoms with Crippen molar-refractivity contribution in [3.63, 3.8) is 0 Å². The van der Waals surface area contributed by atoms with Crippen LogP contribution >= 0.6 is 11.8 Å². The van der Waals surface area contributed by atoms with Gasteiger partial charge in [-0.15, -0.1) is 0 Å². The van der Waals surface area contributed by atoms with Crippen LogP contribution in [-0.4, -0.2) is 49.3 Å². The lowest BCUT2D eigenvalue weighted by Gasteiger charge is -2.19. The second kappa shape index (κ2) is 12.9. The number of hydrogen-bond donors (Lipinski definition) is 3. The minimum absolute atomic E-state index is 0.0142. The van der Waals surface area contributed by atoms with Gasteiger partial charge in [-0.2, -0.15) is 0 Å². The van der Waals surface area contributed by atoms with Crippen LogP contribution in [0.5, 0.6) is 0 Å². The predicted molar refractivity (Wildman–Crippen MR) is 138 cm³/mol. The van der Waals surface area contributed by atoms with E-state index in [1.54, 1.807) is 36.4 Å². The number of sulfone groups is 1. The number of aliphatic carboxylic acids is 1. The van der Waals surface area contributed by atoms with Crippen LogP contribution in [0, 0.1) is 0 Å². The highest BCUT2D eigenvalue weighted by Crippen LogP contribution is 2.28. The molecule has 0 aromatic heterocycles. The van der Waals surface area contributed by atoms with E-state index in [-0.39, 0.29) is 11.5 Å². The van der Waals surface area contributed by atoms with Gasteiger partial charge in [-0.1, -0.05) is 60.3 Å². The Labute approximate surface area is 219 Å². The lowest BCUT2D eigenvalue weighted by molar-refractivity contribution is -0.141. The first-order valence-electron chi connectivity index (χ1n) is 11.2. The molecule has 0 fully saturated rings. The van der Waals surface area contributed by atoms with Gasteiger partial charge in [0.15, 0.2) is 9.84 Å². The van der Waals surface area contributed by atoms with Gasteiger partial charge in [0.05, 0.1) is 10.6 Å². The van der Waals surface area contributed by atoms with Crippen LogP contribution in [-0.2, 0) is 30.8 Å². The highest BCUT2D eigenvalue weighted by molar-refractivity contribution is 7.99. The number of nitrogens with one attached hydrogen (secondary N) is 2. The molecule has 1 unspecified atom stereocenters. The van der Waals surface area contributed by atoms with E-state index in [0.29, 0.717) is 0 Å². The Morgan fingerprint density at radius 1 is 0.865 bits per heavy atom. The molecule has 9 nitrogen and oxygen atoms in total. The number of rotatable bonds is 11. The first-order valence-corrected chi connectivity index (χ1v) is 13.7. The van der Waals surface area contributed by atoms with Crippen LogP contribution in [0.25, 0.3) is 0 Å². The number of carbonyl (C=O) groups is 3.